The number of aliphatic hydroxyl groups excluding tert-OH is 1. The van der Waals surface area contributed by atoms with Crippen LogP contribution in [0.4, 0.5) is 24.7 Å². The van der Waals surface area contributed by atoms with Gasteiger partial charge >= 0.3 is 6.18 Å². The molecule has 0 amide bonds. The number of alkyl halides is 3. The zero-order valence-electron chi connectivity index (χ0n) is 18.4. The summed E-state index contributed by atoms with van der Waals surface area (Å²) in [6.07, 6.45) is -1.09. The fourth-order valence-corrected chi connectivity index (χ4v) is 3.71. The minimum atomic E-state index is -4.42. The number of rotatable bonds is 10. The second-order valence-corrected chi connectivity index (χ2v) is 7.97. The summed E-state index contributed by atoms with van der Waals surface area (Å²) >= 11 is 6.37. The van der Waals surface area contributed by atoms with Crippen LogP contribution in [0.3, 0.4) is 0 Å². The first kappa shape index (κ1) is 24.8. The molecule has 0 aliphatic carbocycles. The number of aromatic nitrogens is 3. The average Bonchev–Trinajstić information content (AvgIpc) is 3.25. The van der Waals surface area contributed by atoms with E-state index in [9.17, 15) is 13.2 Å². The average molecular weight is 507 g/mol. The fraction of sp³-hybridized carbons (Fsp3) is 0.250. The number of nitrogens with one attached hydrogen (secondary N) is 1. The first-order valence-corrected chi connectivity index (χ1v) is 11.1. The van der Waals surface area contributed by atoms with E-state index in [4.69, 9.17) is 26.2 Å². The predicted octanol–water partition coefficient (Wildman–Crippen LogP) is 5.44. The van der Waals surface area contributed by atoms with Crippen molar-refractivity contribution in [3.05, 3.63) is 77.2 Å². The molecule has 0 fully saturated rings. The van der Waals surface area contributed by atoms with Gasteiger partial charge in [0.05, 0.1) is 35.9 Å². The number of anilines is 2. The van der Waals surface area contributed by atoms with Gasteiger partial charge in [0.2, 0.25) is 0 Å². The number of benzene rings is 2. The molecular formula is C24H22ClF3N4O3. The van der Waals surface area contributed by atoms with E-state index in [1.807, 2.05) is 16.8 Å². The lowest BCUT2D eigenvalue weighted by Gasteiger charge is -2.13. The third kappa shape index (κ3) is 6.21. The number of hydrogen-bond acceptors (Lipinski definition) is 6. The summed E-state index contributed by atoms with van der Waals surface area (Å²) in [6, 6.07) is 11.8. The molecule has 0 saturated carbocycles. The molecule has 7 nitrogen and oxygen atoms in total. The Balaban J connectivity index is 1.46. The van der Waals surface area contributed by atoms with Gasteiger partial charge in [-0.05, 0) is 42.0 Å². The van der Waals surface area contributed by atoms with Crippen LogP contribution in [0.15, 0.2) is 61.1 Å². The van der Waals surface area contributed by atoms with E-state index in [0.29, 0.717) is 41.0 Å². The molecule has 0 bridgehead atoms. The molecule has 2 aromatic carbocycles. The van der Waals surface area contributed by atoms with Gasteiger partial charge < -0.3 is 24.5 Å². The highest BCUT2D eigenvalue weighted by molar-refractivity contribution is 6.32. The molecule has 4 rings (SSSR count). The van der Waals surface area contributed by atoms with Gasteiger partial charge in [0, 0.05) is 18.4 Å². The third-order valence-electron chi connectivity index (χ3n) is 5.11. The van der Waals surface area contributed by atoms with Crippen molar-refractivity contribution >= 4 is 34.1 Å². The van der Waals surface area contributed by atoms with Crippen molar-refractivity contribution in [3.8, 4) is 5.75 Å². The summed E-state index contributed by atoms with van der Waals surface area (Å²) in [5.41, 5.74) is 1.82. The van der Waals surface area contributed by atoms with Crippen LogP contribution in [0.1, 0.15) is 11.1 Å². The van der Waals surface area contributed by atoms with E-state index in [1.54, 1.807) is 24.3 Å². The van der Waals surface area contributed by atoms with E-state index >= 15 is 0 Å². The smallest absolute Gasteiger partial charge is 0.416 e. The lowest BCUT2D eigenvalue weighted by molar-refractivity contribution is -0.137. The molecule has 0 unspecified atom stereocenters. The van der Waals surface area contributed by atoms with Crippen LogP contribution < -0.4 is 10.1 Å². The molecule has 0 spiro atoms. The Morgan fingerprint density at radius 2 is 1.91 bits per heavy atom. The number of halogens is 4. The summed E-state index contributed by atoms with van der Waals surface area (Å²) in [4.78, 5) is 8.63. The van der Waals surface area contributed by atoms with Gasteiger partial charge in [0.25, 0.3) is 0 Å². The maximum Gasteiger partial charge on any atom is 0.416 e. The van der Waals surface area contributed by atoms with Gasteiger partial charge in [-0.15, -0.1) is 0 Å². The SMILES string of the molecule is OCCOCCn1ccc2ncnc(Nc3ccc(OCc4cccc(C(F)(F)F)c4)c(Cl)c3)c21. The molecule has 2 N–H and O–H groups in total. The van der Waals surface area contributed by atoms with Crippen LogP contribution in [0.25, 0.3) is 11.0 Å². The Bertz CT molecular complexity index is 1300. The molecule has 2 heterocycles. The number of nitrogens with zero attached hydrogens (tertiary/aromatic N) is 3. The normalized spacial score (nSPS) is 11.7. The topological polar surface area (TPSA) is 81.4 Å². The number of aliphatic hydroxyl groups is 1. The number of fused-ring (bicyclic) bond motifs is 1. The van der Waals surface area contributed by atoms with Gasteiger partial charge in [0.15, 0.2) is 5.82 Å². The molecule has 0 saturated heterocycles. The Morgan fingerprint density at radius 3 is 2.69 bits per heavy atom. The van der Waals surface area contributed by atoms with Crippen molar-refractivity contribution in [3.63, 3.8) is 0 Å². The number of hydrogen-bond donors (Lipinski definition) is 2. The zero-order valence-corrected chi connectivity index (χ0v) is 19.2. The first-order valence-electron chi connectivity index (χ1n) is 10.7. The third-order valence-corrected chi connectivity index (χ3v) is 5.40. The first-order chi connectivity index (χ1) is 16.8. The standard InChI is InChI=1S/C24H22ClF3N4O3/c25-19-13-18(4-5-21(19)35-14-16-2-1-3-17(12-16)24(26,27)28)31-23-22-20(29-15-30-23)6-7-32(22)8-10-34-11-9-33/h1-7,12-13,15,33H,8-11,14H2,(H,29,30,31). The van der Waals surface area contributed by atoms with Crippen LogP contribution in [-0.2, 0) is 24.1 Å². The molecule has 184 valence electrons. The summed E-state index contributed by atoms with van der Waals surface area (Å²) in [7, 11) is 0. The molecule has 0 radical (unpaired) electrons. The van der Waals surface area contributed by atoms with Crippen molar-refractivity contribution < 1.29 is 27.8 Å². The van der Waals surface area contributed by atoms with Crippen molar-refractivity contribution in [1.82, 2.24) is 14.5 Å². The van der Waals surface area contributed by atoms with Gasteiger partial charge in [-0.2, -0.15) is 13.2 Å². The van der Waals surface area contributed by atoms with Crippen LogP contribution in [-0.4, -0.2) is 39.5 Å². The quantitative estimate of drug-likeness (QED) is 0.279. The highest BCUT2D eigenvalue weighted by atomic mass is 35.5. The van der Waals surface area contributed by atoms with E-state index in [1.165, 1.54) is 12.4 Å². The minimum Gasteiger partial charge on any atom is -0.487 e. The molecule has 4 aromatic rings. The monoisotopic (exact) mass is 506 g/mol. The Kier molecular flexibility index (Phi) is 7.74. The summed E-state index contributed by atoms with van der Waals surface area (Å²) in [5.74, 6) is 0.905. The maximum atomic E-state index is 12.9. The van der Waals surface area contributed by atoms with Crippen LogP contribution >= 0.6 is 11.6 Å². The van der Waals surface area contributed by atoms with Crippen LogP contribution in [0.5, 0.6) is 5.75 Å². The van der Waals surface area contributed by atoms with Gasteiger partial charge in [0.1, 0.15) is 24.2 Å². The zero-order chi connectivity index (χ0) is 24.8. The molecule has 0 aliphatic heterocycles. The van der Waals surface area contributed by atoms with Crippen molar-refractivity contribution in [2.45, 2.75) is 19.3 Å². The minimum absolute atomic E-state index is 0.0389. The fourth-order valence-electron chi connectivity index (χ4n) is 3.47. The maximum absolute atomic E-state index is 12.9. The van der Waals surface area contributed by atoms with Crippen LogP contribution in [0, 0.1) is 0 Å². The Labute approximate surface area is 204 Å². The molecule has 2 aromatic heterocycles. The van der Waals surface area contributed by atoms with Crippen LogP contribution in [0.2, 0.25) is 5.02 Å². The molecule has 11 heteroatoms. The highest BCUT2D eigenvalue weighted by Crippen LogP contribution is 2.32. The van der Waals surface area contributed by atoms with Crippen molar-refractivity contribution in [2.24, 2.45) is 0 Å². The van der Waals surface area contributed by atoms with Crippen molar-refractivity contribution in [2.75, 3.05) is 25.1 Å². The largest absolute Gasteiger partial charge is 0.487 e. The van der Waals surface area contributed by atoms with Crippen molar-refractivity contribution in [1.29, 1.82) is 0 Å². The summed E-state index contributed by atoms with van der Waals surface area (Å²) in [6.45, 7) is 1.14. The molecule has 0 atom stereocenters. The predicted molar refractivity (Wildman–Crippen MR) is 126 cm³/mol. The second kappa shape index (κ2) is 10.9. The van der Waals surface area contributed by atoms with E-state index in [-0.39, 0.29) is 19.8 Å². The van der Waals surface area contributed by atoms with E-state index in [0.717, 1.165) is 23.2 Å². The Morgan fingerprint density at radius 1 is 1.06 bits per heavy atom. The summed E-state index contributed by atoms with van der Waals surface area (Å²) < 4.78 is 51.7. The lowest BCUT2D eigenvalue weighted by Crippen LogP contribution is -2.09. The van der Waals surface area contributed by atoms with Gasteiger partial charge in [-0.1, -0.05) is 23.7 Å². The highest BCUT2D eigenvalue weighted by Gasteiger charge is 2.30. The van der Waals surface area contributed by atoms with E-state index < -0.39 is 11.7 Å². The summed E-state index contributed by atoms with van der Waals surface area (Å²) in [5, 5.41) is 12.4. The second-order valence-electron chi connectivity index (χ2n) is 7.56. The molecular weight excluding hydrogens is 485 g/mol. The number of ether oxygens (including phenoxy) is 2. The Hall–Kier alpha value is -3.34. The van der Waals surface area contributed by atoms with Gasteiger partial charge in [-0.3, -0.25) is 0 Å². The van der Waals surface area contributed by atoms with Gasteiger partial charge in [-0.25, -0.2) is 9.97 Å². The van der Waals surface area contributed by atoms with E-state index in [2.05, 4.69) is 15.3 Å². The molecule has 0 aliphatic rings. The lowest BCUT2D eigenvalue weighted by atomic mass is 10.1. The molecule has 35 heavy (non-hydrogen) atoms.